The van der Waals surface area contributed by atoms with Crippen molar-refractivity contribution in [1.82, 2.24) is 15.2 Å². The molecule has 1 aromatic heterocycles. The number of nitrogens with one attached hydrogen (secondary N) is 1. The fourth-order valence-electron chi connectivity index (χ4n) is 1.40. The van der Waals surface area contributed by atoms with Crippen LogP contribution < -0.4 is 5.32 Å². The normalized spacial score (nSPS) is 11.9. The lowest BCUT2D eigenvalue weighted by molar-refractivity contribution is -0.137. The van der Waals surface area contributed by atoms with Gasteiger partial charge in [0.1, 0.15) is 11.6 Å². The molecule has 0 radical (unpaired) electrons. The molecule has 0 saturated heterocycles. The number of carboxylic acids is 1. The van der Waals surface area contributed by atoms with Crippen molar-refractivity contribution in [2.75, 3.05) is 26.8 Å². The minimum absolute atomic E-state index is 0.221. The number of carbonyl (C=O) groups is 2. The van der Waals surface area contributed by atoms with Crippen molar-refractivity contribution in [3.05, 3.63) is 16.6 Å². The van der Waals surface area contributed by atoms with Gasteiger partial charge in [-0.1, -0.05) is 0 Å². The van der Waals surface area contributed by atoms with Gasteiger partial charge in [-0.15, -0.1) is 11.3 Å². The maximum Gasteiger partial charge on any atom is 0.323 e. The van der Waals surface area contributed by atoms with Crippen molar-refractivity contribution in [1.29, 1.82) is 0 Å². The Hall–Kier alpha value is -1.67. The van der Waals surface area contributed by atoms with Gasteiger partial charge in [0, 0.05) is 25.2 Å². The largest absolute Gasteiger partial charge is 0.480 e. The molecule has 2 N–H and O–H groups in total. The van der Waals surface area contributed by atoms with Crippen molar-refractivity contribution in [3.8, 4) is 0 Å². The lowest BCUT2D eigenvalue weighted by Gasteiger charge is -2.22. The Labute approximate surface area is 115 Å². The predicted octanol–water partition coefficient (Wildman–Crippen LogP) is 0.947. The van der Waals surface area contributed by atoms with Gasteiger partial charge >= 0.3 is 12.0 Å². The van der Waals surface area contributed by atoms with Crippen LogP contribution in [0.3, 0.4) is 0 Å². The molecule has 8 heteroatoms. The summed E-state index contributed by atoms with van der Waals surface area (Å²) in [6.45, 7) is 1.94. The highest BCUT2D eigenvalue weighted by Gasteiger charge is 2.19. The van der Waals surface area contributed by atoms with Gasteiger partial charge in [0.15, 0.2) is 0 Å². The van der Waals surface area contributed by atoms with Crippen LogP contribution in [0.25, 0.3) is 0 Å². The molecule has 0 saturated carbocycles. The number of aromatic nitrogens is 1. The van der Waals surface area contributed by atoms with E-state index in [1.807, 2.05) is 5.38 Å². The Morgan fingerprint density at radius 1 is 1.63 bits per heavy atom. The van der Waals surface area contributed by atoms with Crippen LogP contribution in [-0.2, 0) is 9.53 Å². The van der Waals surface area contributed by atoms with E-state index < -0.39 is 12.0 Å². The van der Waals surface area contributed by atoms with Crippen LogP contribution in [0.1, 0.15) is 18.0 Å². The van der Waals surface area contributed by atoms with Gasteiger partial charge in [-0.05, 0) is 6.92 Å². The second-order valence-electron chi connectivity index (χ2n) is 3.85. The number of ether oxygens (including phenoxy) is 1. The molecule has 1 unspecified atom stereocenters. The standard InChI is InChI=1S/C11H17N3O4S/c1-8(10-12-3-6-19-10)13-11(17)14(4-5-18-2)7-9(15)16/h3,6,8H,4-5,7H2,1-2H3,(H,13,17)(H,15,16). The Bertz CT molecular complexity index is 410. The number of rotatable bonds is 7. The SMILES string of the molecule is COCCN(CC(=O)O)C(=O)NC(C)c1nccs1. The van der Waals surface area contributed by atoms with Crippen molar-refractivity contribution >= 4 is 23.3 Å². The summed E-state index contributed by atoms with van der Waals surface area (Å²) in [7, 11) is 1.50. The molecule has 0 aliphatic rings. The lowest BCUT2D eigenvalue weighted by Crippen LogP contribution is -2.45. The number of hydrogen-bond acceptors (Lipinski definition) is 5. The highest BCUT2D eigenvalue weighted by Crippen LogP contribution is 2.14. The molecule has 1 aromatic rings. The third-order valence-electron chi connectivity index (χ3n) is 2.34. The van der Waals surface area contributed by atoms with Gasteiger partial charge in [-0.25, -0.2) is 9.78 Å². The number of methoxy groups -OCH3 is 1. The third-order valence-corrected chi connectivity index (χ3v) is 3.30. The maximum absolute atomic E-state index is 12.0. The molecule has 1 heterocycles. The number of hydrogen-bond donors (Lipinski definition) is 2. The zero-order valence-corrected chi connectivity index (χ0v) is 11.6. The first-order valence-electron chi connectivity index (χ1n) is 5.70. The number of aliphatic carboxylic acids is 1. The van der Waals surface area contributed by atoms with E-state index in [-0.39, 0.29) is 25.7 Å². The van der Waals surface area contributed by atoms with Gasteiger partial charge in [0.05, 0.1) is 12.6 Å². The fraction of sp³-hybridized carbons (Fsp3) is 0.545. The van der Waals surface area contributed by atoms with Gasteiger partial charge < -0.3 is 20.1 Å². The summed E-state index contributed by atoms with van der Waals surface area (Å²) >= 11 is 1.43. The molecular formula is C11H17N3O4S. The number of carboxylic acid groups (broad SMARTS) is 1. The number of nitrogens with zero attached hydrogens (tertiary/aromatic N) is 2. The zero-order chi connectivity index (χ0) is 14.3. The second kappa shape index (κ2) is 7.70. The van der Waals surface area contributed by atoms with Crippen LogP contribution in [0.15, 0.2) is 11.6 Å². The maximum atomic E-state index is 12.0. The lowest BCUT2D eigenvalue weighted by atomic mass is 10.3. The molecule has 0 bridgehead atoms. The van der Waals surface area contributed by atoms with E-state index in [0.29, 0.717) is 0 Å². The average molecular weight is 287 g/mol. The Balaban J connectivity index is 2.57. The van der Waals surface area contributed by atoms with E-state index in [1.165, 1.54) is 23.3 Å². The first kappa shape index (κ1) is 15.4. The summed E-state index contributed by atoms with van der Waals surface area (Å²) < 4.78 is 4.86. The van der Waals surface area contributed by atoms with Crippen molar-refractivity contribution in [2.45, 2.75) is 13.0 Å². The molecule has 0 spiro atoms. The van der Waals surface area contributed by atoms with Crippen LogP contribution in [-0.4, -0.2) is 53.8 Å². The quantitative estimate of drug-likeness (QED) is 0.779. The molecule has 0 aliphatic heterocycles. The topological polar surface area (TPSA) is 91.8 Å². The Morgan fingerprint density at radius 2 is 2.37 bits per heavy atom. The highest BCUT2D eigenvalue weighted by molar-refractivity contribution is 7.09. The first-order chi connectivity index (χ1) is 9.04. The molecule has 0 fully saturated rings. The molecule has 1 atom stereocenters. The zero-order valence-electron chi connectivity index (χ0n) is 10.8. The average Bonchev–Trinajstić information content (AvgIpc) is 2.87. The minimum atomic E-state index is -1.06. The molecule has 0 aliphatic carbocycles. The van der Waals surface area contributed by atoms with Crippen molar-refractivity contribution in [3.63, 3.8) is 0 Å². The van der Waals surface area contributed by atoms with E-state index in [4.69, 9.17) is 9.84 Å². The number of amides is 2. The van der Waals surface area contributed by atoms with E-state index in [9.17, 15) is 9.59 Å². The van der Waals surface area contributed by atoms with E-state index >= 15 is 0 Å². The Kier molecular flexibility index (Phi) is 6.23. The molecular weight excluding hydrogens is 270 g/mol. The number of thiazole rings is 1. The van der Waals surface area contributed by atoms with Gasteiger partial charge in [0.2, 0.25) is 0 Å². The van der Waals surface area contributed by atoms with Gasteiger partial charge in [0.25, 0.3) is 0 Å². The van der Waals surface area contributed by atoms with Crippen molar-refractivity contribution < 1.29 is 19.4 Å². The van der Waals surface area contributed by atoms with E-state index in [0.717, 1.165) is 5.01 Å². The summed E-state index contributed by atoms with van der Waals surface area (Å²) in [5, 5.41) is 14.1. The number of urea groups is 1. The molecule has 1 rings (SSSR count). The minimum Gasteiger partial charge on any atom is -0.480 e. The van der Waals surface area contributed by atoms with Crippen LogP contribution >= 0.6 is 11.3 Å². The van der Waals surface area contributed by atoms with Gasteiger partial charge in [-0.2, -0.15) is 0 Å². The fourth-order valence-corrected chi connectivity index (χ4v) is 2.05. The van der Waals surface area contributed by atoms with Gasteiger partial charge in [-0.3, -0.25) is 4.79 Å². The summed E-state index contributed by atoms with van der Waals surface area (Å²) in [6, 6.07) is -0.700. The Morgan fingerprint density at radius 3 is 2.89 bits per heavy atom. The summed E-state index contributed by atoms with van der Waals surface area (Å²) in [5.74, 6) is -1.06. The van der Waals surface area contributed by atoms with Crippen molar-refractivity contribution in [2.24, 2.45) is 0 Å². The number of carbonyl (C=O) groups excluding carboxylic acids is 1. The third kappa shape index (κ3) is 5.23. The second-order valence-corrected chi connectivity index (χ2v) is 4.78. The molecule has 19 heavy (non-hydrogen) atoms. The smallest absolute Gasteiger partial charge is 0.323 e. The van der Waals surface area contributed by atoms with E-state index in [1.54, 1.807) is 13.1 Å². The molecule has 2 amide bonds. The van der Waals surface area contributed by atoms with Crippen LogP contribution in [0.4, 0.5) is 4.79 Å². The summed E-state index contributed by atoms with van der Waals surface area (Å²) in [5.41, 5.74) is 0. The van der Waals surface area contributed by atoms with Crippen LogP contribution in [0.5, 0.6) is 0 Å². The van der Waals surface area contributed by atoms with E-state index in [2.05, 4.69) is 10.3 Å². The highest BCUT2D eigenvalue weighted by atomic mass is 32.1. The summed E-state index contributed by atoms with van der Waals surface area (Å²) in [4.78, 5) is 28.0. The first-order valence-corrected chi connectivity index (χ1v) is 6.58. The monoisotopic (exact) mass is 287 g/mol. The molecule has 7 nitrogen and oxygen atoms in total. The molecule has 0 aromatic carbocycles. The summed E-state index contributed by atoms with van der Waals surface area (Å²) in [6.07, 6.45) is 1.66. The predicted molar refractivity (Wildman–Crippen MR) is 70.1 cm³/mol. The van der Waals surface area contributed by atoms with Crippen LogP contribution in [0, 0.1) is 0 Å². The molecule has 106 valence electrons. The van der Waals surface area contributed by atoms with Crippen LogP contribution in [0.2, 0.25) is 0 Å².